The summed E-state index contributed by atoms with van der Waals surface area (Å²) in [6, 6.07) is 7.51. The highest BCUT2D eigenvalue weighted by Gasteiger charge is 2.12. The molecule has 3 rings (SSSR count). The van der Waals surface area contributed by atoms with Crippen LogP contribution in [-0.2, 0) is 4.74 Å². The summed E-state index contributed by atoms with van der Waals surface area (Å²) in [6.07, 6.45) is 6.33. The number of benzene rings is 1. The molecule has 0 atom stereocenters. The zero-order valence-corrected chi connectivity index (χ0v) is 16.4. The Morgan fingerprint density at radius 2 is 2.18 bits per heavy atom. The molecular formula is C21H23N5O2. The number of hydrogen-bond donors (Lipinski definition) is 2. The van der Waals surface area contributed by atoms with Gasteiger partial charge in [-0.1, -0.05) is 13.0 Å². The number of aryl methyl sites for hydroxylation is 1. The van der Waals surface area contributed by atoms with Crippen LogP contribution in [-0.4, -0.2) is 34.2 Å². The summed E-state index contributed by atoms with van der Waals surface area (Å²) in [5.74, 6) is 0.0821. The number of aromatic nitrogens is 3. The third kappa shape index (κ3) is 4.09. The van der Waals surface area contributed by atoms with Crippen molar-refractivity contribution in [2.45, 2.75) is 27.2 Å². The first-order valence-corrected chi connectivity index (χ1v) is 9.06. The standard InChI is InChI=1S/C21H23N5O2/c1-5-8-22-16(6-2)17-7-9-23-21(26-17)24-15-10-13(3)19-14(11-15)12-18(25-19)20(27)28-4/h6-12,25H,5H2,1-4H3,(H,23,24,26)/b16-6-,22-8?. The molecule has 0 aliphatic heterocycles. The van der Waals surface area contributed by atoms with Crippen molar-refractivity contribution < 1.29 is 9.53 Å². The molecule has 0 aliphatic rings. The van der Waals surface area contributed by atoms with Crippen molar-refractivity contribution in [2.24, 2.45) is 4.99 Å². The first-order chi connectivity index (χ1) is 13.5. The van der Waals surface area contributed by atoms with E-state index in [9.17, 15) is 4.79 Å². The second-order valence-corrected chi connectivity index (χ2v) is 6.22. The van der Waals surface area contributed by atoms with Gasteiger partial charge in [-0.25, -0.2) is 14.8 Å². The topological polar surface area (TPSA) is 92.3 Å². The number of hydrogen-bond acceptors (Lipinski definition) is 6. The van der Waals surface area contributed by atoms with E-state index in [0.717, 1.165) is 40.0 Å². The first-order valence-electron chi connectivity index (χ1n) is 9.06. The summed E-state index contributed by atoms with van der Waals surface area (Å²) < 4.78 is 4.78. The highest BCUT2D eigenvalue weighted by atomic mass is 16.5. The number of carbonyl (C=O) groups excluding carboxylic acids is 1. The van der Waals surface area contributed by atoms with Crippen LogP contribution in [0.2, 0.25) is 0 Å². The molecule has 28 heavy (non-hydrogen) atoms. The normalized spacial score (nSPS) is 11.9. The van der Waals surface area contributed by atoms with Gasteiger partial charge in [0.25, 0.3) is 0 Å². The maximum Gasteiger partial charge on any atom is 0.354 e. The van der Waals surface area contributed by atoms with Gasteiger partial charge in [-0.15, -0.1) is 0 Å². The number of fused-ring (bicyclic) bond motifs is 1. The highest BCUT2D eigenvalue weighted by Crippen LogP contribution is 2.26. The molecule has 144 valence electrons. The maximum absolute atomic E-state index is 11.8. The van der Waals surface area contributed by atoms with Gasteiger partial charge in [0.2, 0.25) is 5.95 Å². The number of anilines is 2. The molecule has 0 saturated heterocycles. The van der Waals surface area contributed by atoms with Crippen LogP contribution >= 0.6 is 0 Å². The van der Waals surface area contributed by atoms with E-state index >= 15 is 0 Å². The Morgan fingerprint density at radius 3 is 2.89 bits per heavy atom. The lowest BCUT2D eigenvalue weighted by molar-refractivity contribution is 0.0595. The summed E-state index contributed by atoms with van der Waals surface area (Å²) in [5.41, 5.74) is 4.68. The molecule has 3 aromatic rings. The van der Waals surface area contributed by atoms with Crippen LogP contribution in [0.3, 0.4) is 0 Å². The number of H-pyrrole nitrogens is 1. The fraction of sp³-hybridized carbons (Fsp3) is 0.238. The van der Waals surface area contributed by atoms with Gasteiger partial charge in [-0.05, 0) is 50.1 Å². The number of methoxy groups -OCH3 is 1. The number of nitrogens with one attached hydrogen (secondary N) is 2. The molecule has 7 heteroatoms. The van der Waals surface area contributed by atoms with Gasteiger partial charge in [0.15, 0.2) is 0 Å². The van der Waals surface area contributed by atoms with Crippen LogP contribution in [0.4, 0.5) is 11.6 Å². The smallest absolute Gasteiger partial charge is 0.354 e. The fourth-order valence-corrected chi connectivity index (χ4v) is 2.89. The van der Waals surface area contributed by atoms with E-state index in [1.165, 1.54) is 7.11 Å². The summed E-state index contributed by atoms with van der Waals surface area (Å²) in [7, 11) is 1.36. The zero-order valence-electron chi connectivity index (χ0n) is 16.4. The van der Waals surface area contributed by atoms with Crippen LogP contribution in [0.5, 0.6) is 0 Å². The van der Waals surface area contributed by atoms with Crippen molar-refractivity contribution in [3.05, 3.63) is 53.5 Å². The van der Waals surface area contributed by atoms with Crippen molar-refractivity contribution in [3.63, 3.8) is 0 Å². The Morgan fingerprint density at radius 1 is 1.36 bits per heavy atom. The molecule has 2 N–H and O–H groups in total. The first kappa shape index (κ1) is 19.3. The summed E-state index contributed by atoms with van der Waals surface area (Å²) in [4.78, 5) is 28.2. The van der Waals surface area contributed by atoms with Crippen LogP contribution < -0.4 is 5.32 Å². The minimum atomic E-state index is -0.396. The van der Waals surface area contributed by atoms with E-state index in [4.69, 9.17) is 4.74 Å². The SMILES string of the molecule is C/C=C(\N=CCC)c1ccnc(Nc2cc(C)c3[nH]c(C(=O)OC)cc3c2)n1. The number of aliphatic imine (C=N–C) groups is 1. The molecule has 0 aliphatic carbocycles. The van der Waals surface area contributed by atoms with Crippen LogP contribution in [0, 0.1) is 6.92 Å². The van der Waals surface area contributed by atoms with Crippen molar-refractivity contribution in [3.8, 4) is 0 Å². The Balaban J connectivity index is 1.91. The fourth-order valence-electron chi connectivity index (χ4n) is 2.89. The van der Waals surface area contributed by atoms with E-state index in [0.29, 0.717) is 11.6 Å². The quantitative estimate of drug-likeness (QED) is 0.482. The van der Waals surface area contributed by atoms with Crippen molar-refractivity contribution in [1.29, 1.82) is 0 Å². The van der Waals surface area contributed by atoms with E-state index in [-0.39, 0.29) is 0 Å². The van der Waals surface area contributed by atoms with E-state index in [1.54, 1.807) is 12.3 Å². The van der Waals surface area contributed by atoms with Gasteiger partial charge in [0, 0.05) is 29.0 Å². The van der Waals surface area contributed by atoms with Gasteiger partial charge in [-0.2, -0.15) is 0 Å². The zero-order chi connectivity index (χ0) is 20.1. The van der Waals surface area contributed by atoms with Crippen LogP contribution in [0.15, 0.2) is 41.5 Å². The molecular weight excluding hydrogens is 354 g/mol. The lowest BCUT2D eigenvalue weighted by Gasteiger charge is -2.08. The molecule has 0 unspecified atom stereocenters. The van der Waals surface area contributed by atoms with Crippen LogP contribution in [0.1, 0.15) is 42.0 Å². The molecule has 2 aromatic heterocycles. The molecule has 0 radical (unpaired) electrons. The number of allylic oxidation sites excluding steroid dienone is 1. The molecule has 0 spiro atoms. The average molecular weight is 377 g/mol. The maximum atomic E-state index is 11.8. The number of esters is 1. The Kier molecular flexibility index (Phi) is 5.84. The summed E-state index contributed by atoms with van der Waals surface area (Å²) >= 11 is 0. The van der Waals surface area contributed by atoms with Crippen LogP contribution in [0.25, 0.3) is 16.6 Å². The predicted octanol–water partition coefficient (Wildman–Crippen LogP) is 4.64. The molecule has 0 fully saturated rings. The predicted molar refractivity (Wildman–Crippen MR) is 112 cm³/mol. The number of aromatic amines is 1. The van der Waals surface area contributed by atoms with Crippen molar-refractivity contribution in [1.82, 2.24) is 15.0 Å². The average Bonchev–Trinajstić information content (AvgIpc) is 3.13. The number of nitrogens with zero attached hydrogens (tertiary/aromatic N) is 3. The Labute approximate surface area is 163 Å². The van der Waals surface area contributed by atoms with Gasteiger partial charge in [-0.3, -0.25) is 4.99 Å². The third-order valence-electron chi connectivity index (χ3n) is 4.19. The third-order valence-corrected chi connectivity index (χ3v) is 4.19. The number of rotatable bonds is 6. The second kappa shape index (κ2) is 8.47. The van der Waals surface area contributed by atoms with E-state index < -0.39 is 5.97 Å². The lowest BCUT2D eigenvalue weighted by Crippen LogP contribution is -2.00. The highest BCUT2D eigenvalue weighted by molar-refractivity contribution is 5.97. The summed E-state index contributed by atoms with van der Waals surface area (Å²) in [5, 5.41) is 4.14. The molecule has 0 saturated carbocycles. The van der Waals surface area contributed by atoms with E-state index in [2.05, 4.69) is 25.3 Å². The minimum absolute atomic E-state index is 0.396. The van der Waals surface area contributed by atoms with Gasteiger partial charge in [0.1, 0.15) is 5.69 Å². The number of ether oxygens (including phenoxy) is 1. The number of carbonyl (C=O) groups is 1. The monoisotopic (exact) mass is 377 g/mol. The largest absolute Gasteiger partial charge is 0.464 e. The van der Waals surface area contributed by atoms with Gasteiger partial charge < -0.3 is 15.0 Å². The lowest BCUT2D eigenvalue weighted by atomic mass is 10.1. The second-order valence-electron chi connectivity index (χ2n) is 6.22. The Bertz CT molecular complexity index is 1070. The molecule has 1 aromatic carbocycles. The Hall–Kier alpha value is -3.48. The molecule has 0 bridgehead atoms. The van der Waals surface area contributed by atoms with Gasteiger partial charge >= 0.3 is 5.97 Å². The van der Waals surface area contributed by atoms with Crippen molar-refractivity contribution >= 4 is 40.4 Å². The molecule has 0 amide bonds. The minimum Gasteiger partial charge on any atom is -0.464 e. The van der Waals surface area contributed by atoms with Gasteiger partial charge in [0.05, 0.1) is 18.5 Å². The summed E-state index contributed by atoms with van der Waals surface area (Å²) in [6.45, 7) is 5.94. The molecule has 2 heterocycles. The molecule has 7 nitrogen and oxygen atoms in total. The van der Waals surface area contributed by atoms with E-state index in [1.807, 2.05) is 51.3 Å². The van der Waals surface area contributed by atoms with Crippen molar-refractivity contribution in [2.75, 3.05) is 12.4 Å².